The van der Waals surface area contributed by atoms with Gasteiger partial charge in [-0.3, -0.25) is 19.3 Å². The molecule has 108 valence electrons. The third-order valence-corrected chi connectivity index (χ3v) is 3.59. The first-order valence-electron chi connectivity index (χ1n) is 6.86. The lowest BCUT2D eigenvalue weighted by Crippen LogP contribution is -2.34. The predicted molar refractivity (Wildman–Crippen MR) is 71.9 cm³/mol. The Morgan fingerprint density at radius 1 is 1.26 bits per heavy atom. The zero-order valence-corrected chi connectivity index (χ0v) is 12.1. The van der Waals surface area contributed by atoms with Gasteiger partial charge in [-0.15, -0.1) is 0 Å². The summed E-state index contributed by atoms with van der Waals surface area (Å²) in [5.41, 5.74) is 4.88. The van der Waals surface area contributed by atoms with E-state index in [0.29, 0.717) is 25.8 Å². The molecule has 1 atom stereocenters. The van der Waals surface area contributed by atoms with Crippen LogP contribution in [0.15, 0.2) is 0 Å². The van der Waals surface area contributed by atoms with Crippen LogP contribution in [0.5, 0.6) is 0 Å². The predicted octanol–water partition coefficient (Wildman–Crippen LogP) is 1.45. The normalized spacial score (nSPS) is 20.2. The van der Waals surface area contributed by atoms with Crippen LogP contribution in [0.1, 0.15) is 52.9 Å². The molecule has 1 saturated heterocycles. The molecule has 0 aromatic rings. The highest BCUT2D eigenvalue weighted by Gasteiger charge is 2.44. The smallest absolute Gasteiger partial charge is 0.233 e. The van der Waals surface area contributed by atoms with Crippen molar-refractivity contribution in [2.75, 3.05) is 6.54 Å². The van der Waals surface area contributed by atoms with Gasteiger partial charge in [0, 0.05) is 19.4 Å². The first-order valence-corrected chi connectivity index (χ1v) is 6.86. The Kier molecular flexibility index (Phi) is 5.09. The van der Waals surface area contributed by atoms with Crippen molar-refractivity contribution in [1.29, 1.82) is 0 Å². The van der Waals surface area contributed by atoms with E-state index in [9.17, 15) is 14.4 Å². The number of likely N-dealkylation sites (tertiary alicyclic amines) is 1. The highest BCUT2D eigenvalue weighted by molar-refractivity contribution is 6.03. The molecule has 5 nitrogen and oxygen atoms in total. The zero-order valence-electron chi connectivity index (χ0n) is 12.1. The van der Waals surface area contributed by atoms with Gasteiger partial charge in [-0.2, -0.15) is 0 Å². The second kappa shape index (κ2) is 6.17. The molecule has 0 saturated carbocycles. The summed E-state index contributed by atoms with van der Waals surface area (Å²) in [4.78, 5) is 36.0. The number of hydrogen-bond donors (Lipinski definition) is 1. The molecule has 0 aromatic carbocycles. The molecule has 0 aliphatic carbocycles. The number of nitrogens with two attached hydrogens (primary N) is 1. The topological polar surface area (TPSA) is 80.5 Å². The number of rotatable bonds is 6. The highest BCUT2D eigenvalue weighted by Crippen LogP contribution is 2.35. The third kappa shape index (κ3) is 4.33. The van der Waals surface area contributed by atoms with Crippen molar-refractivity contribution >= 4 is 17.7 Å². The first kappa shape index (κ1) is 15.7. The van der Waals surface area contributed by atoms with Gasteiger partial charge in [0.05, 0.1) is 5.92 Å². The Hall–Kier alpha value is -1.39. The van der Waals surface area contributed by atoms with Gasteiger partial charge in [-0.25, -0.2) is 0 Å². The molecule has 3 amide bonds. The lowest BCUT2D eigenvalue weighted by atomic mass is 9.80. The number of imide groups is 1. The van der Waals surface area contributed by atoms with Crippen molar-refractivity contribution < 1.29 is 14.4 Å². The van der Waals surface area contributed by atoms with E-state index in [4.69, 9.17) is 5.73 Å². The van der Waals surface area contributed by atoms with Gasteiger partial charge >= 0.3 is 0 Å². The summed E-state index contributed by atoms with van der Waals surface area (Å²) in [6, 6.07) is 0. The molecule has 1 heterocycles. The quantitative estimate of drug-likeness (QED) is 0.585. The van der Waals surface area contributed by atoms with Crippen LogP contribution in [-0.4, -0.2) is 29.2 Å². The third-order valence-electron chi connectivity index (χ3n) is 3.59. The maximum Gasteiger partial charge on any atom is 0.233 e. The van der Waals surface area contributed by atoms with Crippen LogP contribution in [0.4, 0.5) is 0 Å². The Morgan fingerprint density at radius 2 is 1.89 bits per heavy atom. The minimum Gasteiger partial charge on any atom is -0.370 e. The van der Waals surface area contributed by atoms with Crippen LogP contribution in [0.25, 0.3) is 0 Å². The van der Waals surface area contributed by atoms with E-state index in [2.05, 4.69) is 0 Å². The number of primary amides is 1. The van der Waals surface area contributed by atoms with Gasteiger partial charge in [-0.1, -0.05) is 27.2 Å². The van der Waals surface area contributed by atoms with Crippen molar-refractivity contribution in [1.82, 2.24) is 4.90 Å². The fourth-order valence-electron chi connectivity index (χ4n) is 2.34. The van der Waals surface area contributed by atoms with Gasteiger partial charge in [0.2, 0.25) is 17.7 Å². The van der Waals surface area contributed by atoms with Crippen molar-refractivity contribution in [3.05, 3.63) is 0 Å². The number of carbonyl (C=O) groups excluding carboxylic acids is 3. The summed E-state index contributed by atoms with van der Waals surface area (Å²) in [6.45, 7) is 6.42. The molecule has 0 spiro atoms. The molecular weight excluding hydrogens is 244 g/mol. The van der Waals surface area contributed by atoms with Crippen molar-refractivity contribution in [2.24, 2.45) is 17.1 Å². The first-order chi connectivity index (χ1) is 8.73. The van der Waals surface area contributed by atoms with Crippen LogP contribution >= 0.6 is 0 Å². The van der Waals surface area contributed by atoms with E-state index >= 15 is 0 Å². The fourth-order valence-corrected chi connectivity index (χ4v) is 2.34. The average molecular weight is 268 g/mol. The molecule has 1 aliphatic heterocycles. The number of unbranched alkanes of at least 4 members (excludes halogenated alkanes) is 2. The summed E-state index contributed by atoms with van der Waals surface area (Å²) in [6.07, 6.45) is 2.95. The van der Waals surface area contributed by atoms with Gasteiger partial charge < -0.3 is 5.73 Å². The van der Waals surface area contributed by atoms with Crippen LogP contribution in [-0.2, 0) is 14.4 Å². The van der Waals surface area contributed by atoms with Crippen LogP contribution < -0.4 is 5.73 Å². The molecule has 0 bridgehead atoms. The van der Waals surface area contributed by atoms with E-state index in [0.717, 1.165) is 12.8 Å². The molecule has 1 aliphatic rings. The van der Waals surface area contributed by atoms with E-state index in [1.807, 2.05) is 20.8 Å². The Labute approximate surface area is 114 Å². The molecule has 1 fully saturated rings. The van der Waals surface area contributed by atoms with E-state index in [1.54, 1.807) is 0 Å². The minimum absolute atomic E-state index is 0.0487. The van der Waals surface area contributed by atoms with Crippen LogP contribution in [0.2, 0.25) is 0 Å². The largest absolute Gasteiger partial charge is 0.370 e. The standard InChI is InChI=1S/C14H24N2O3/c1-14(2,3)10-9-12(18)16(13(10)19)8-6-4-5-7-11(15)17/h10H,4-9H2,1-3H3,(H2,15,17). The SMILES string of the molecule is CC(C)(C)C1CC(=O)N(CCCCCC(N)=O)C1=O. The van der Waals surface area contributed by atoms with E-state index < -0.39 is 0 Å². The average Bonchev–Trinajstić information content (AvgIpc) is 2.55. The number of nitrogens with zero attached hydrogens (tertiary/aromatic N) is 1. The van der Waals surface area contributed by atoms with Gasteiger partial charge in [0.15, 0.2) is 0 Å². The molecule has 2 N–H and O–H groups in total. The zero-order chi connectivity index (χ0) is 14.6. The van der Waals surface area contributed by atoms with Gasteiger partial charge in [-0.05, 0) is 18.3 Å². The molecular formula is C14H24N2O3. The van der Waals surface area contributed by atoms with Crippen LogP contribution in [0.3, 0.4) is 0 Å². The lowest BCUT2D eigenvalue weighted by Gasteiger charge is -2.24. The molecule has 1 unspecified atom stereocenters. The second-order valence-electron chi connectivity index (χ2n) is 6.28. The summed E-state index contributed by atoms with van der Waals surface area (Å²) in [7, 11) is 0. The molecule has 1 rings (SSSR count). The molecule has 0 aromatic heterocycles. The molecule has 0 radical (unpaired) electrons. The molecule has 19 heavy (non-hydrogen) atoms. The maximum absolute atomic E-state index is 12.2. The van der Waals surface area contributed by atoms with E-state index in [-0.39, 0.29) is 29.1 Å². The monoisotopic (exact) mass is 268 g/mol. The van der Waals surface area contributed by atoms with Crippen molar-refractivity contribution in [3.8, 4) is 0 Å². The number of hydrogen-bond acceptors (Lipinski definition) is 3. The minimum atomic E-state index is -0.305. The van der Waals surface area contributed by atoms with Crippen LogP contribution in [0, 0.1) is 11.3 Å². The number of carbonyl (C=O) groups is 3. The lowest BCUT2D eigenvalue weighted by molar-refractivity contribution is -0.140. The Morgan fingerprint density at radius 3 is 2.37 bits per heavy atom. The summed E-state index contributed by atoms with van der Waals surface area (Å²) >= 11 is 0. The second-order valence-corrected chi connectivity index (χ2v) is 6.28. The summed E-state index contributed by atoms with van der Waals surface area (Å²) < 4.78 is 0. The van der Waals surface area contributed by atoms with Crippen molar-refractivity contribution in [3.63, 3.8) is 0 Å². The van der Waals surface area contributed by atoms with Gasteiger partial charge in [0.1, 0.15) is 0 Å². The highest BCUT2D eigenvalue weighted by atomic mass is 16.2. The Balaban J connectivity index is 2.40. The number of amides is 3. The maximum atomic E-state index is 12.2. The fraction of sp³-hybridized carbons (Fsp3) is 0.786. The van der Waals surface area contributed by atoms with E-state index in [1.165, 1.54) is 4.90 Å². The molecule has 5 heteroatoms. The summed E-state index contributed by atoms with van der Waals surface area (Å²) in [5, 5.41) is 0. The van der Waals surface area contributed by atoms with Crippen molar-refractivity contribution in [2.45, 2.75) is 52.9 Å². The van der Waals surface area contributed by atoms with Gasteiger partial charge in [0.25, 0.3) is 0 Å². The Bertz CT molecular complexity index is 371. The summed E-state index contributed by atoms with van der Waals surface area (Å²) in [5.74, 6) is -0.626.